The first kappa shape index (κ1) is 31.2. The summed E-state index contributed by atoms with van der Waals surface area (Å²) in [7, 11) is -4.13. The fraction of sp³-hybridized carbons (Fsp3) is 0.882. The van der Waals surface area contributed by atoms with Gasteiger partial charge in [-0.1, -0.05) is 63.1 Å². The molecule has 0 aromatic rings. The maximum atomic E-state index is 12.8. The van der Waals surface area contributed by atoms with E-state index in [1.54, 1.807) is 0 Å². The molecule has 178 valence electrons. The van der Waals surface area contributed by atoms with Crippen molar-refractivity contribution in [1.82, 2.24) is 0 Å². The summed E-state index contributed by atoms with van der Waals surface area (Å²) in [5.74, 6) is 4.57. The monoisotopic (exact) mass is 620 g/mol. The SMILES string of the molecule is CP(C)(=S)CP(CP(C)(C)=S)C1=C(P(CP(C)(C)=S)CP(C)(C)=S)CS(=O)(=O)CC1. The molecule has 0 N–H and O–H groups in total. The minimum atomic E-state index is -3.05. The van der Waals surface area contributed by atoms with Crippen molar-refractivity contribution in [3.05, 3.63) is 10.6 Å². The van der Waals surface area contributed by atoms with Gasteiger partial charge < -0.3 is 0 Å². The predicted molar refractivity (Wildman–Crippen MR) is 168 cm³/mol. The Kier molecular flexibility index (Phi) is 11.9. The Bertz CT molecular complexity index is 915. The van der Waals surface area contributed by atoms with Gasteiger partial charge in [-0.3, -0.25) is 0 Å². The summed E-state index contributed by atoms with van der Waals surface area (Å²) >= 11 is 23.5. The van der Waals surface area contributed by atoms with Crippen LogP contribution in [0.1, 0.15) is 6.42 Å². The van der Waals surface area contributed by atoms with Crippen LogP contribution in [0.4, 0.5) is 0 Å². The minimum Gasteiger partial charge on any atom is -0.228 e. The average molecular weight is 621 g/mol. The molecule has 0 saturated carbocycles. The highest BCUT2D eigenvalue weighted by molar-refractivity contribution is 8.20. The number of sulfone groups is 1. The van der Waals surface area contributed by atoms with E-state index in [1.807, 2.05) is 0 Å². The Hall–Kier alpha value is 3.15. The largest absolute Gasteiger partial charge is 0.228 e. The van der Waals surface area contributed by atoms with E-state index in [1.165, 1.54) is 10.6 Å². The van der Waals surface area contributed by atoms with Crippen molar-refractivity contribution < 1.29 is 8.42 Å². The fourth-order valence-electron chi connectivity index (χ4n) is 3.45. The van der Waals surface area contributed by atoms with Crippen LogP contribution in [0.5, 0.6) is 0 Å². The van der Waals surface area contributed by atoms with Crippen molar-refractivity contribution in [3.8, 4) is 0 Å². The fourth-order valence-corrected chi connectivity index (χ4v) is 31.7. The third-order valence-corrected chi connectivity index (χ3v) is 29.1. The second kappa shape index (κ2) is 11.5. The van der Waals surface area contributed by atoms with E-state index in [0.717, 1.165) is 23.6 Å². The van der Waals surface area contributed by atoms with Crippen molar-refractivity contribution in [2.24, 2.45) is 0 Å². The lowest BCUT2D eigenvalue weighted by Crippen LogP contribution is -2.21. The Morgan fingerprint density at radius 1 is 0.667 bits per heavy atom. The van der Waals surface area contributed by atoms with Crippen molar-refractivity contribution in [2.75, 3.05) is 88.4 Å². The predicted octanol–water partition coefficient (Wildman–Crippen LogP) is 6.77. The highest BCUT2D eigenvalue weighted by Crippen LogP contribution is 2.71. The van der Waals surface area contributed by atoms with E-state index in [9.17, 15) is 8.42 Å². The standard InChI is InChI=1S/C17H38O2P6S5/c1-22(2,26)12-20(13-23(3,4)27)16-9-10-30(18,19)11-17(16)21(14-24(5,6)28)15-25(7,8)29/h9-15H2,1-8H3. The zero-order valence-corrected chi connectivity index (χ0v) is 28.9. The van der Waals surface area contributed by atoms with Crippen molar-refractivity contribution in [1.29, 1.82) is 0 Å². The number of rotatable bonds is 10. The number of allylic oxidation sites excluding steroid dienone is 1. The Morgan fingerprint density at radius 3 is 1.27 bits per heavy atom. The van der Waals surface area contributed by atoms with Crippen LogP contribution in [0.3, 0.4) is 0 Å². The maximum Gasteiger partial charge on any atom is 0.154 e. The zero-order chi connectivity index (χ0) is 23.8. The van der Waals surface area contributed by atoms with Gasteiger partial charge in [0.1, 0.15) is 0 Å². The Labute approximate surface area is 209 Å². The first-order valence-corrected chi connectivity index (χ1v) is 30.4. The summed E-state index contributed by atoms with van der Waals surface area (Å²) in [6, 6.07) is -5.77. The molecule has 0 unspecified atom stereocenters. The van der Waals surface area contributed by atoms with Crippen molar-refractivity contribution >= 4 is 97.1 Å². The summed E-state index contributed by atoms with van der Waals surface area (Å²) in [5.41, 5.74) is 0. The van der Waals surface area contributed by atoms with Crippen LogP contribution in [0, 0.1) is 0 Å². The minimum absolute atomic E-state index is 0.226. The first-order chi connectivity index (χ1) is 13.1. The lowest BCUT2D eigenvalue weighted by atomic mass is 10.4. The molecule has 0 aromatic heterocycles. The molecular weight excluding hydrogens is 582 g/mol. The normalized spacial score (nSPS) is 19.0. The first-order valence-electron chi connectivity index (χ1n) is 9.65. The molecule has 0 aromatic carbocycles. The van der Waals surface area contributed by atoms with Crippen LogP contribution in [0.15, 0.2) is 10.6 Å². The van der Waals surface area contributed by atoms with Crippen LogP contribution in [0.2, 0.25) is 0 Å². The van der Waals surface area contributed by atoms with Gasteiger partial charge in [-0.15, -0.1) is 0 Å². The molecule has 0 amide bonds. The molecule has 0 saturated heterocycles. The summed E-state index contributed by atoms with van der Waals surface area (Å²) in [6.07, 6.45) is 0.680. The lowest BCUT2D eigenvalue weighted by Gasteiger charge is -2.36. The maximum absolute atomic E-state index is 12.8. The molecule has 0 fully saturated rings. The summed E-state index contributed by atoms with van der Waals surface area (Å²) in [6.45, 7) is 17.7. The quantitative estimate of drug-likeness (QED) is 0.251. The number of hydrogen-bond donors (Lipinski definition) is 0. The second-order valence-electron chi connectivity index (χ2n) is 10.2. The van der Waals surface area contributed by atoms with Gasteiger partial charge in [-0.2, -0.15) is 0 Å². The Balaban J connectivity index is 3.69. The van der Waals surface area contributed by atoms with Crippen LogP contribution in [-0.4, -0.2) is 96.9 Å². The third-order valence-electron chi connectivity index (χ3n) is 4.15. The molecular formula is C17H38O2P6S5. The van der Waals surface area contributed by atoms with E-state index in [4.69, 9.17) is 47.2 Å². The van der Waals surface area contributed by atoms with Crippen LogP contribution in [0.25, 0.3) is 0 Å². The average Bonchev–Trinajstić information content (AvgIpc) is 2.38. The summed E-state index contributed by atoms with van der Waals surface area (Å²) < 4.78 is 25.5. The van der Waals surface area contributed by atoms with Crippen LogP contribution < -0.4 is 0 Å². The van der Waals surface area contributed by atoms with Gasteiger partial charge in [-0.05, 0) is 94.5 Å². The molecule has 0 radical (unpaired) electrons. The van der Waals surface area contributed by atoms with Gasteiger partial charge in [0.25, 0.3) is 0 Å². The molecule has 1 heterocycles. The Morgan fingerprint density at radius 2 is 0.967 bits per heavy atom. The van der Waals surface area contributed by atoms with Gasteiger partial charge in [0, 0.05) is 23.6 Å². The molecule has 2 nitrogen and oxygen atoms in total. The molecule has 0 bridgehead atoms. The highest BCUT2D eigenvalue weighted by atomic mass is 32.5. The third kappa shape index (κ3) is 13.3. The molecule has 13 heteroatoms. The zero-order valence-electron chi connectivity index (χ0n) is 19.5. The molecule has 1 aliphatic rings. The highest BCUT2D eigenvalue weighted by Gasteiger charge is 2.35. The summed E-state index contributed by atoms with van der Waals surface area (Å²) in [4.78, 5) is 0. The van der Waals surface area contributed by atoms with E-state index < -0.39 is 49.8 Å². The molecule has 0 atom stereocenters. The molecule has 0 aliphatic carbocycles. The van der Waals surface area contributed by atoms with Crippen molar-refractivity contribution in [3.63, 3.8) is 0 Å². The van der Waals surface area contributed by atoms with E-state index in [-0.39, 0.29) is 11.5 Å². The van der Waals surface area contributed by atoms with Gasteiger partial charge in [0.15, 0.2) is 9.84 Å². The lowest BCUT2D eigenvalue weighted by molar-refractivity contribution is 0.596. The van der Waals surface area contributed by atoms with Crippen LogP contribution >= 0.6 is 40.0 Å². The van der Waals surface area contributed by atoms with E-state index in [0.29, 0.717) is 6.42 Å². The smallest absolute Gasteiger partial charge is 0.154 e. The molecule has 0 spiro atoms. The number of hydrogen-bond acceptors (Lipinski definition) is 6. The van der Waals surface area contributed by atoms with Crippen LogP contribution in [-0.2, 0) is 57.1 Å². The molecule has 1 rings (SSSR count). The topological polar surface area (TPSA) is 34.1 Å². The molecule has 30 heavy (non-hydrogen) atoms. The summed E-state index contributed by atoms with van der Waals surface area (Å²) in [5, 5.41) is 2.69. The second-order valence-corrected chi connectivity index (χ2v) is 44.6. The van der Waals surface area contributed by atoms with Gasteiger partial charge >= 0.3 is 0 Å². The van der Waals surface area contributed by atoms with Gasteiger partial charge in [0.2, 0.25) is 0 Å². The van der Waals surface area contributed by atoms with Crippen molar-refractivity contribution in [2.45, 2.75) is 6.42 Å². The van der Waals surface area contributed by atoms with E-state index in [2.05, 4.69) is 53.3 Å². The van der Waals surface area contributed by atoms with Gasteiger partial charge in [-0.25, -0.2) is 8.42 Å². The van der Waals surface area contributed by atoms with Gasteiger partial charge in [0.05, 0.1) is 11.5 Å². The van der Waals surface area contributed by atoms with E-state index >= 15 is 0 Å². The molecule has 1 aliphatic heterocycles.